The highest BCUT2D eigenvalue weighted by molar-refractivity contribution is 5.69. The third-order valence-electron chi connectivity index (χ3n) is 1.21. The third-order valence-corrected chi connectivity index (χ3v) is 1.21. The van der Waals surface area contributed by atoms with Gasteiger partial charge in [-0.3, -0.25) is 0 Å². The Kier molecular flexibility index (Phi) is 1.92. The lowest BCUT2D eigenvalue weighted by atomic mass is 10.2. The fourth-order valence-electron chi connectivity index (χ4n) is 0.804. The van der Waals surface area contributed by atoms with Crippen molar-refractivity contribution in [2.75, 3.05) is 6.54 Å². The van der Waals surface area contributed by atoms with Crippen molar-refractivity contribution in [2.45, 2.75) is 18.7 Å². The Bertz CT molecular complexity index is 173. The average molecular weight is 171 g/mol. The Balaban J connectivity index is 0.00000121. The van der Waals surface area contributed by atoms with E-state index in [2.05, 4.69) is 10.1 Å². The zero-order chi connectivity index (χ0) is 8.48. The van der Waals surface area contributed by atoms with E-state index in [4.69, 9.17) is 0 Å². The Morgan fingerprint density at radius 1 is 1.73 bits per heavy atom. The zero-order valence-corrected chi connectivity index (χ0v) is 5.44. The number of cyclic esters (lactones) is 1. The molecule has 1 heterocycles. The molecule has 1 N–H and O–H groups in total. The van der Waals surface area contributed by atoms with E-state index < -0.39 is 24.8 Å². The van der Waals surface area contributed by atoms with Gasteiger partial charge in [0.05, 0.1) is 13.0 Å². The average Bonchev–Trinajstić information content (AvgIpc) is 2.10. The van der Waals surface area contributed by atoms with Crippen molar-refractivity contribution >= 4 is 6.09 Å². The van der Waals surface area contributed by atoms with Gasteiger partial charge in [0, 0.05) is 1.43 Å². The molecule has 0 aromatic rings. The van der Waals surface area contributed by atoms with E-state index in [1.54, 1.807) is 0 Å². The summed E-state index contributed by atoms with van der Waals surface area (Å²) in [5, 5.41) is 2.13. The third kappa shape index (κ3) is 2.65. The Labute approximate surface area is 62.0 Å². The van der Waals surface area contributed by atoms with E-state index in [9.17, 15) is 18.0 Å². The molecule has 1 saturated heterocycles. The van der Waals surface area contributed by atoms with Crippen molar-refractivity contribution in [3.05, 3.63) is 0 Å². The second-order valence-electron chi connectivity index (χ2n) is 2.23. The number of carbonyl (C=O) groups is 1. The summed E-state index contributed by atoms with van der Waals surface area (Å²) in [4.78, 5) is 10.2. The van der Waals surface area contributed by atoms with Gasteiger partial charge in [-0.05, 0) is 0 Å². The van der Waals surface area contributed by atoms with Gasteiger partial charge in [0.2, 0.25) is 0 Å². The molecule has 1 fully saturated rings. The number of ether oxygens (including phenoxy) is 1. The van der Waals surface area contributed by atoms with Crippen LogP contribution in [-0.4, -0.2) is 24.9 Å². The molecule has 1 aliphatic rings. The highest BCUT2D eigenvalue weighted by atomic mass is 19.4. The highest BCUT2D eigenvalue weighted by Crippen LogP contribution is 2.23. The molecular weight excluding hydrogens is 163 g/mol. The standard InChI is InChI=1S/C5H6F3NO2.H2/c6-5(7,8)1-3-2-9-4(10)11-3;/h3H,1-2H2,(H,9,10);1H. The minimum absolute atomic E-state index is 0. The van der Waals surface area contributed by atoms with Gasteiger partial charge >= 0.3 is 12.3 Å². The lowest BCUT2D eigenvalue weighted by molar-refractivity contribution is -0.149. The number of hydrogen-bond donors (Lipinski definition) is 1. The molecule has 0 spiro atoms. The van der Waals surface area contributed by atoms with Crippen LogP contribution in [0, 0.1) is 0 Å². The Hall–Kier alpha value is -0.940. The number of amides is 1. The van der Waals surface area contributed by atoms with Crippen LogP contribution in [-0.2, 0) is 4.74 Å². The van der Waals surface area contributed by atoms with E-state index >= 15 is 0 Å². The quantitative estimate of drug-likeness (QED) is 0.645. The molecule has 1 amide bonds. The monoisotopic (exact) mass is 171 g/mol. The molecule has 0 aromatic heterocycles. The van der Waals surface area contributed by atoms with Crippen molar-refractivity contribution in [1.82, 2.24) is 5.32 Å². The van der Waals surface area contributed by atoms with Crippen LogP contribution in [0.15, 0.2) is 0 Å². The van der Waals surface area contributed by atoms with Crippen LogP contribution in [0.4, 0.5) is 18.0 Å². The van der Waals surface area contributed by atoms with Gasteiger partial charge in [0.25, 0.3) is 0 Å². The first kappa shape index (κ1) is 8.16. The van der Waals surface area contributed by atoms with Gasteiger partial charge < -0.3 is 10.1 Å². The fourth-order valence-corrected chi connectivity index (χ4v) is 0.804. The predicted octanol–water partition coefficient (Wildman–Crippen LogP) is 1.29. The topological polar surface area (TPSA) is 38.3 Å². The fraction of sp³-hybridized carbons (Fsp3) is 0.800. The van der Waals surface area contributed by atoms with E-state index in [1.807, 2.05) is 0 Å². The van der Waals surface area contributed by atoms with Crippen LogP contribution >= 0.6 is 0 Å². The molecule has 1 aliphatic heterocycles. The van der Waals surface area contributed by atoms with Crippen LogP contribution < -0.4 is 5.32 Å². The van der Waals surface area contributed by atoms with Gasteiger partial charge in [-0.1, -0.05) is 0 Å². The maximum Gasteiger partial charge on any atom is 0.407 e. The van der Waals surface area contributed by atoms with Crippen LogP contribution in [0.3, 0.4) is 0 Å². The van der Waals surface area contributed by atoms with Gasteiger partial charge in [-0.25, -0.2) is 4.79 Å². The molecule has 3 nitrogen and oxygen atoms in total. The molecule has 1 unspecified atom stereocenters. The molecule has 66 valence electrons. The maximum absolute atomic E-state index is 11.6. The molecule has 0 radical (unpaired) electrons. The first-order valence-electron chi connectivity index (χ1n) is 2.98. The molecule has 0 saturated carbocycles. The second-order valence-corrected chi connectivity index (χ2v) is 2.23. The van der Waals surface area contributed by atoms with Gasteiger partial charge in [0.15, 0.2) is 0 Å². The maximum atomic E-state index is 11.6. The Morgan fingerprint density at radius 3 is 2.73 bits per heavy atom. The van der Waals surface area contributed by atoms with E-state index in [1.165, 1.54) is 0 Å². The summed E-state index contributed by atoms with van der Waals surface area (Å²) >= 11 is 0. The smallest absolute Gasteiger partial charge is 0.407 e. The molecular formula is C5H8F3NO2. The second kappa shape index (κ2) is 2.60. The number of rotatable bonds is 1. The number of halogens is 3. The highest BCUT2D eigenvalue weighted by Gasteiger charge is 2.36. The number of alkyl halides is 3. The van der Waals surface area contributed by atoms with Crippen LogP contribution in [0.5, 0.6) is 0 Å². The van der Waals surface area contributed by atoms with E-state index in [0.717, 1.165) is 0 Å². The summed E-state index contributed by atoms with van der Waals surface area (Å²) in [6, 6.07) is 0. The largest absolute Gasteiger partial charge is 0.444 e. The summed E-state index contributed by atoms with van der Waals surface area (Å²) in [5.41, 5.74) is 0. The van der Waals surface area contributed by atoms with Crippen molar-refractivity contribution in [2.24, 2.45) is 0 Å². The zero-order valence-electron chi connectivity index (χ0n) is 5.44. The van der Waals surface area contributed by atoms with Crippen LogP contribution in [0.25, 0.3) is 0 Å². The number of hydrogen-bond acceptors (Lipinski definition) is 2. The van der Waals surface area contributed by atoms with Crippen molar-refractivity contribution in [3.63, 3.8) is 0 Å². The first-order chi connectivity index (χ1) is 4.97. The summed E-state index contributed by atoms with van der Waals surface area (Å²) in [5.74, 6) is 0. The van der Waals surface area contributed by atoms with Crippen molar-refractivity contribution in [1.29, 1.82) is 0 Å². The van der Waals surface area contributed by atoms with Crippen LogP contribution in [0.1, 0.15) is 7.85 Å². The minimum atomic E-state index is -4.27. The predicted molar refractivity (Wildman–Crippen MR) is 31.1 cm³/mol. The summed E-state index contributed by atoms with van der Waals surface area (Å²) in [6.45, 7) is -0.0572. The number of nitrogens with one attached hydrogen (secondary N) is 1. The molecule has 1 atom stereocenters. The number of alkyl carbamates (subject to hydrolysis) is 1. The molecule has 0 aliphatic carbocycles. The normalized spacial score (nSPS) is 24.6. The lowest BCUT2D eigenvalue weighted by Gasteiger charge is -2.09. The summed E-state index contributed by atoms with van der Waals surface area (Å²) in [6.07, 6.45) is -7.18. The molecule has 11 heavy (non-hydrogen) atoms. The van der Waals surface area contributed by atoms with Gasteiger partial charge in [-0.15, -0.1) is 0 Å². The molecule has 6 heteroatoms. The molecule has 0 bridgehead atoms. The van der Waals surface area contributed by atoms with Crippen LogP contribution in [0.2, 0.25) is 0 Å². The molecule has 0 aromatic carbocycles. The summed E-state index contributed by atoms with van der Waals surface area (Å²) in [7, 11) is 0. The SMILES string of the molecule is O=C1NCC(CC(F)(F)F)O1.[HH]. The van der Waals surface area contributed by atoms with Gasteiger partial charge in [-0.2, -0.15) is 13.2 Å². The number of carbonyl (C=O) groups excluding carboxylic acids is 1. The Morgan fingerprint density at radius 2 is 2.36 bits per heavy atom. The van der Waals surface area contributed by atoms with E-state index in [-0.39, 0.29) is 7.97 Å². The molecule has 1 rings (SSSR count). The van der Waals surface area contributed by atoms with Gasteiger partial charge in [0.1, 0.15) is 6.10 Å². The van der Waals surface area contributed by atoms with Crippen molar-refractivity contribution < 1.29 is 24.1 Å². The first-order valence-corrected chi connectivity index (χ1v) is 2.98. The van der Waals surface area contributed by atoms with Crippen molar-refractivity contribution in [3.8, 4) is 0 Å². The summed E-state index contributed by atoms with van der Waals surface area (Å²) < 4.78 is 39.1. The minimum Gasteiger partial charge on any atom is -0.444 e. The van der Waals surface area contributed by atoms with E-state index in [0.29, 0.717) is 0 Å². The lowest BCUT2D eigenvalue weighted by Crippen LogP contribution is -2.22.